The van der Waals surface area contributed by atoms with Crippen LogP contribution in [-0.4, -0.2) is 24.0 Å². The monoisotopic (exact) mass is 374 g/mol. The number of aryl methyl sites for hydroxylation is 1. The zero-order chi connectivity index (χ0) is 20.0. The van der Waals surface area contributed by atoms with Gasteiger partial charge < -0.3 is 24.4 Å². The average Bonchev–Trinajstić information content (AvgIpc) is 2.63. The van der Waals surface area contributed by atoms with Gasteiger partial charge in [0.1, 0.15) is 11.3 Å². The number of amides is 1. The predicted octanol–water partition coefficient (Wildman–Crippen LogP) is 1.55. The third kappa shape index (κ3) is 5.32. The number of carboxylic acids is 1. The normalized spacial score (nSPS) is 13.1. The van der Waals surface area contributed by atoms with Gasteiger partial charge in [-0.15, -0.1) is 0 Å². The van der Waals surface area contributed by atoms with Crippen molar-refractivity contribution in [3.8, 4) is 5.75 Å². The van der Waals surface area contributed by atoms with Gasteiger partial charge in [-0.05, 0) is 37.5 Å². The standard InChI is InChI=1S/C20H25NO6/c1-4-6-7-16(20(24)25)21-19(23)12(3)26-14-8-9-15-13(5-2)10-18(22)27-17(15)11-14/h8-12,16H,4-7H2,1-3H3,(H,21,23)(H,24,25)/p-1/t12-,16-/m0/s1. The molecular formula is C20H24NO6-. The predicted molar refractivity (Wildman–Crippen MR) is 98.4 cm³/mol. The van der Waals surface area contributed by atoms with Crippen molar-refractivity contribution >= 4 is 22.8 Å². The lowest BCUT2D eigenvalue weighted by molar-refractivity contribution is -0.308. The van der Waals surface area contributed by atoms with Gasteiger partial charge in [-0.3, -0.25) is 4.79 Å². The van der Waals surface area contributed by atoms with Crippen molar-refractivity contribution in [1.82, 2.24) is 5.32 Å². The lowest BCUT2D eigenvalue weighted by Gasteiger charge is -2.22. The van der Waals surface area contributed by atoms with Crippen LogP contribution in [0.4, 0.5) is 0 Å². The molecule has 2 atom stereocenters. The number of hydrogen-bond acceptors (Lipinski definition) is 6. The topological polar surface area (TPSA) is 109 Å². The molecule has 1 N–H and O–H groups in total. The van der Waals surface area contributed by atoms with E-state index >= 15 is 0 Å². The summed E-state index contributed by atoms with van der Waals surface area (Å²) in [4.78, 5) is 35.0. The van der Waals surface area contributed by atoms with E-state index in [4.69, 9.17) is 9.15 Å². The van der Waals surface area contributed by atoms with Crippen molar-refractivity contribution in [2.24, 2.45) is 0 Å². The van der Waals surface area contributed by atoms with E-state index < -0.39 is 29.6 Å². The summed E-state index contributed by atoms with van der Waals surface area (Å²) in [6, 6.07) is 5.40. The molecule has 0 radical (unpaired) electrons. The Morgan fingerprint density at radius 1 is 1.26 bits per heavy atom. The highest BCUT2D eigenvalue weighted by atomic mass is 16.5. The minimum atomic E-state index is -1.32. The molecule has 0 aliphatic heterocycles. The maximum absolute atomic E-state index is 12.2. The van der Waals surface area contributed by atoms with Gasteiger partial charge in [0.2, 0.25) is 0 Å². The van der Waals surface area contributed by atoms with Crippen LogP contribution in [0.3, 0.4) is 0 Å². The van der Waals surface area contributed by atoms with E-state index in [-0.39, 0.29) is 0 Å². The summed E-state index contributed by atoms with van der Waals surface area (Å²) in [6.45, 7) is 5.39. The molecule has 0 fully saturated rings. The summed E-state index contributed by atoms with van der Waals surface area (Å²) >= 11 is 0. The van der Waals surface area contributed by atoms with Gasteiger partial charge in [0, 0.05) is 17.5 Å². The summed E-state index contributed by atoms with van der Waals surface area (Å²) < 4.78 is 10.8. The van der Waals surface area contributed by atoms with Gasteiger partial charge in [-0.25, -0.2) is 4.79 Å². The Morgan fingerprint density at radius 3 is 2.63 bits per heavy atom. The van der Waals surface area contributed by atoms with E-state index in [1.807, 2.05) is 13.8 Å². The van der Waals surface area contributed by atoms with Crippen LogP contribution in [0.2, 0.25) is 0 Å². The number of hydrogen-bond donors (Lipinski definition) is 1. The third-order valence-corrected chi connectivity index (χ3v) is 4.31. The summed E-state index contributed by atoms with van der Waals surface area (Å²) in [5, 5.41) is 14.4. The number of carbonyl (C=O) groups is 2. The van der Waals surface area contributed by atoms with E-state index in [1.165, 1.54) is 13.0 Å². The van der Waals surface area contributed by atoms with Crippen LogP contribution in [0.1, 0.15) is 45.6 Å². The number of fused-ring (bicyclic) bond motifs is 1. The molecule has 27 heavy (non-hydrogen) atoms. The van der Waals surface area contributed by atoms with Crippen molar-refractivity contribution in [2.45, 2.75) is 58.6 Å². The first-order chi connectivity index (χ1) is 12.8. The fraction of sp³-hybridized carbons (Fsp3) is 0.450. The van der Waals surface area contributed by atoms with Gasteiger partial charge in [-0.1, -0.05) is 26.7 Å². The van der Waals surface area contributed by atoms with Gasteiger partial charge in [0.25, 0.3) is 5.91 Å². The lowest BCUT2D eigenvalue weighted by atomic mass is 10.1. The summed E-state index contributed by atoms with van der Waals surface area (Å²) in [7, 11) is 0. The number of carbonyl (C=O) groups excluding carboxylic acids is 2. The molecule has 146 valence electrons. The second-order valence-electron chi connectivity index (χ2n) is 6.38. The molecule has 0 aliphatic carbocycles. The SMILES string of the molecule is CCCC[C@H](NC(=O)[C@H](C)Oc1ccc2c(CC)cc(=O)oc2c1)C(=O)[O-]. The fourth-order valence-electron chi connectivity index (χ4n) is 2.78. The number of aliphatic carboxylic acids is 1. The molecule has 0 spiro atoms. The number of rotatable bonds is 9. The van der Waals surface area contributed by atoms with Gasteiger partial charge in [0.15, 0.2) is 6.10 Å². The summed E-state index contributed by atoms with van der Waals surface area (Å²) in [5.74, 6) is -1.52. The van der Waals surface area contributed by atoms with Crippen LogP contribution in [0.5, 0.6) is 5.75 Å². The molecule has 7 heteroatoms. The average molecular weight is 374 g/mol. The molecule has 1 heterocycles. The van der Waals surface area contributed by atoms with Crippen molar-refractivity contribution in [3.05, 3.63) is 40.2 Å². The highest BCUT2D eigenvalue weighted by Gasteiger charge is 2.20. The van der Waals surface area contributed by atoms with E-state index in [0.29, 0.717) is 30.6 Å². The highest BCUT2D eigenvalue weighted by molar-refractivity contribution is 5.86. The molecule has 0 bridgehead atoms. The van der Waals surface area contributed by atoms with E-state index in [9.17, 15) is 19.5 Å². The van der Waals surface area contributed by atoms with E-state index in [0.717, 1.165) is 17.4 Å². The molecule has 1 amide bonds. The molecule has 0 saturated heterocycles. The van der Waals surface area contributed by atoms with Crippen LogP contribution in [0.15, 0.2) is 33.5 Å². The quantitative estimate of drug-likeness (QED) is 0.667. The van der Waals surface area contributed by atoms with Crippen molar-refractivity contribution < 1.29 is 23.8 Å². The fourth-order valence-corrected chi connectivity index (χ4v) is 2.78. The molecule has 0 aliphatic rings. The van der Waals surface area contributed by atoms with Gasteiger partial charge >= 0.3 is 5.63 Å². The molecule has 1 aromatic carbocycles. The van der Waals surface area contributed by atoms with Crippen molar-refractivity contribution in [2.75, 3.05) is 0 Å². The zero-order valence-electron chi connectivity index (χ0n) is 15.7. The first-order valence-corrected chi connectivity index (χ1v) is 9.10. The van der Waals surface area contributed by atoms with Crippen LogP contribution in [0, 0.1) is 0 Å². The molecule has 2 aromatic rings. The Balaban J connectivity index is 2.12. The molecule has 2 rings (SSSR count). The highest BCUT2D eigenvalue weighted by Crippen LogP contribution is 2.23. The largest absolute Gasteiger partial charge is 0.548 e. The second kappa shape index (κ2) is 9.21. The number of nitrogens with one attached hydrogen (secondary N) is 1. The van der Waals surface area contributed by atoms with E-state index in [1.54, 1.807) is 18.2 Å². The first-order valence-electron chi connectivity index (χ1n) is 9.10. The van der Waals surface area contributed by atoms with Crippen LogP contribution < -0.4 is 20.8 Å². The molecule has 0 unspecified atom stereocenters. The van der Waals surface area contributed by atoms with Crippen LogP contribution >= 0.6 is 0 Å². The maximum Gasteiger partial charge on any atom is 0.336 e. The minimum Gasteiger partial charge on any atom is -0.548 e. The Kier molecular flexibility index (Phi) is 6.98. The van der Waals surface area contributed by atoms with Crippen molar-refractivity contribution in [3.63, 3.8) is 0 Å². The van der Waals surface area contributed by atoms with Gasteiger partial charge in [-0.2, -0.15) is 0 Å². The molecule has 1 aromatic heterocycles. The molecule has 0 saturated carbocycles. The Hall–Kier alpha value is -2.83. The summed E-state index contributed by atoms with van der Waals surface area (Å²) in [6.07, 6.45) is 1.54. The Morgan fingerprint density at radius 2 is 2.00 bits per heavy atom. The number of carboxylic acid groups (broad SMARTS) is 1. The van der Waals surface area contributed by atoms with Crippen molar-refractivity contribution in [1.29, 1.82) is 0 Å². The zero-order valence-corrected chi connectivity index (χ0v) is 15.7. The number of unbranched alkanes of at least 4 members (excludes halogenated alkanes) is 1. The summed E-state index contributed by atoms with van der Waals surface area (Å²) in [5.41, 5.74) is 0.793. The Labute approximate surface area is 157 Å². The number of ether oxygens (including phenoxy) is 1. The molecule has 7 nitrogen and oxygen atoms in total. The smallest absolute Gasteiger partial charge is 0.336 e. The third-order valence-electron chi connectivity index (χ3n) is 4.31. The van der Waals surface area contributed by atoms with Gasteiger partial charge in [0.05, 0.1) is 12.0 Å². The maximum atomic E-state index is 12.2. The van der Waals surface area contributed by atoms with Crippen LogP contribution in [0.25, 0.3) is 11.0 Å². The van der Waals surface area contributed by atoms with E-state index in [2.05, 4.69) is 5.32 Å². The Bertz CT molecular complexity index is 872. The lowest BCUT2D eigenvalue weighted by Crippen LogP contribution is -2.51. The minimum absolute atomic E-state index is 0.304. The second-order valence-corrected chi connectivity index (χ2v) is 6.38. The molecular weight excluding hydrogens is 350 g/mol. The number of benzene rings is 1. The first kappa shape index (κ1) is 20.5. The van der Waals surface area contributed by atoms with Crippen LogP contribution in [-0.2, 0) is 16.0 Å².